The SMILES string of the molecule is Cc1ncc(OCC(C)NS(=O)(=O)C(F)(F)F)cc1C(=O)NCc1ccc(Cl)cn1. The van der Waals surface area contributed by atoms with Gasteiger partial charge in [0.1, 0.15) is 12.4 Å². The summed E-state index contributed by atoms with van der Waals surface area (Å²) < 4.78 is 66.2. The van der Waals surface area contributed by atoms with Gasteiger partial charge >= 0.3 is 15.5 Å². The molecule has 2 rings (SSSR count). The average Bonchev–Trinajstić information content (AvgIpc) is 2.65. The van der Waals surface area contributed by atoms with Crippen molar-refractivity contribution in [2.75, 3.05) is 6.61 Å². The third-order valence-electron chi connectivity index (χ3n) is 3.69. The van der Waals surface area contributed by atoms with Crippen LogP contribution in [0.15, 0.2) is 30.6 Å². The van der Waals surface area contributed by atoms with E-state index in [1.54, 1.807) is 19.1 Å². The van der Waals surface area contributed by atoms with Gasteiger partial charge in [-0.05, 0) is 32.0 Å². The van der Waals surface area contributed by atoms with Gasteiger partial charge in [-0.2, -0.15) is 13.2 Å². The highest BCUT2D eigenvalue weighted by Crippen LogP contribution is 2.22. The van der Waals surface area contributed by atoms with E-state index in [9.17, 15) is 26.4 Å². The van der Waals surface area contributed by atoms with Crippen molar-refractivity contribution < 1.29 is 31.1 Å². The lowest BCUT2D eigenvalue weighted by Crippen LogP contribution is -2.43. The largest absolute Gasteiger partial charge is 0.511 e. The zero-order valence-corrected chi connectivity index (χ0v) is 17.4. The number of amides is 1. The number of carbonyl (C=O) groups is 1. The van der Waals surface area contributed by atoms with Gasteiger partial charge in [-0.3, -0.25) is 14.8 Å². The predicted octanol–water partition coefficient (Wildman–Crippen LogP) is 2.57. The maximum Gasteiger partial charge on any atom is 0.511 e. The Bertz CT molecular complexity index is 1000. The Morgan fingerprint density at radius 2 is 1.97 bits per heavy atom. The highest BCUT2D eigenvalue weighted by molar-refractivity contribution is 7.90. The minimum atomic E-state index is -5.49. The van der Waals surface area contributed by atoms with Crippen molar-refractivity contribution in [1.29, 1.82) is 0 Å². The van der Waals surface area contributed by atoms with Crippen molar-refractivity contribution in [3.05, 3.63) is 52.6 Å². The standard InChI is InChI=1S/C17H18ClF3N4O4S/c1-10(25-30(27,28)17(19,20)21)9-29-14-5-15(11(2)22-8-14)16(26)24-7-13-4-3-12(18)6-23-13/h3-6,8,10,25H,7,9H2,1-2H3,(H,24,26). The molecule has 2 aromatic heterocycles. The second-order valence-electron chi connectivity index (χ2n) is 6.23. The first-order chi connectivity index (χ1) is 13.9. The molecule has 2 N–H and O–H groups in total. The molecule has 2 aromatic rings. The number of sulfonamides is 1. The lowest BCUT2D eigenvalue weighted by molar-refractivity contribution is -0.0451. The summed E-state index contributed by atoms with van der Waals surface area (Å²) in [5.74, 6) is -0.374. The van der Waals surface area contributed by atoms with Crippen molar-refractivity contribution >= 4 is 27.5 Å². The van der Waals surface area contributed by atoms with Crippen LogP contribution in [-0.4, -0.2) is 42.4 Å². The molecule has 1 amide bonds. The normalized spacial score (nSPS) is 13.0. The number of nitrogens with zero attached hydrogens (tertiary/aromatic N) is 2. The van der Waals surface area contributed by atoms with Gasteiger partial charge in [-0.25, -0.2) is 13.1 Å². The van der Waals surface area contributed by atoms with Gasteiger partial charge < -0.3 is 10.1 Å². The number of hydrogen-bond acceptors (Lipinski definition) is 6. The summed E-state index contributed by atoms with van der Waals surface area (Å²) in [6.45, 7) is 2.53. The monoisotopic (exact) mass is 466 g/mol. The Kier molecular flexibility index (Phi) is 7.61. The van der Waals surface area contributed by atoms with Crippen LogP contribution >= 0.6 is 11.6 Å². The van der Waals surface area contributed by atoms with Crippen molar-refractivity contribution in [1.82, 2.24) is 20.0 Å². The first-order valence-corrected chi connectivity index (χ1v) is 10.3. The number of rotatable bonds is 8. The second-order valence-corrected chi connectivity index (χ2v) is 8.38. The van der Waals surface area contributed by atoms with Crippen molar-refractivity contribution in [2.24, 2.45) is 0 Å². The smallest absolute Gasteiger partial charge is 0.490 e. The summed E-state index contributed by atoms with van der Waals surface area (Å²) in [5.41, 5.74) is -4.26. The fraction of sp³-hybridized carbons (Fsp3) is 0.353. The number of ether oxygens (including phenoxy) is 1. The van der Waals surface area contributed by atoms with Crippen LogP contribution in [0.25, 0.3) is 0 Å². The molecule has 0 saturated heterocycles. The molecule has 8 nitrogen and oxygen atoms in total. The minimum Gasteiger partial charge on any atom is -0.490 e. The molecule has 2 heterocycles. The molecule has 13 heteroatoms. The molecule has 0 bridgehead atoms. The Labute approximate surface area is 175 Å². The van der Waals surface area contributed by atoms with E-state index in [1.807, 2.05) is 0 Å². The van der Waals surface area contributed by atoms with E-state index >= 15 is 0 Å². The molecule has 0 aromatic carbocycles. The maximum atomic E-state index is 12.4. The van der Waals surface area contributed by atoms with Crippen LogP contribution in [0.1, 0.15) is 28.7 Å². The van der Waals surface area contributed by atoms with E-state index in [2.05, 4.69) is 15.3 Å². The maximum absolute atomic E-state index is 12.4. The van der Waals surface area contributed by atoms with Crippen molar-refractivity contribution in [2.45, 2.75) is 31.9 Å². The second kappa shape index (κ2) is 9.58. The van der Waals surface area contributed by atoms with Gasteiger partial charge in [0.05, 0.1) is 40.8 Å². The predicted molar refractivity (Wildman–Crippen MR) is 102 cm³/mol. The van der Waals surface area contributed by atoms with E-state index in [-0.39, 0.29) is 17.9 Å². The summed E-state index contributed by atoms with van der Waals surface area (Å²) in [6.07, 6.45) is 2.72. The summed E-state index contributed by atoms with van der Waals surface area (Å²) in [6, 6.07) is 3.46. The molecule has 0 saturated carbocycles. The third-order valence-corrected chi connectivity index (χ3v) is 5.23. The molecule has 0 spiro atoms. The highest BCUT2D eigenvalue weighted by atomic mass is 35.5. The summed E-state index contributed by atoms with van der Waals surface area (Å²) in [5, 5.41) is 3.12. The van der Waals surface area contributed by atoms with Gasteiger partial charge in [-0.1, -0.05) is 11.6 Å². The number of aryl methyl sites for hydroxylation is 1. The topological polar surface area (TPSA) is 110 Å². The molecule has 30 heavy (non-hydrogen) atoms. The van der Waals surface area contributed by atoms with E-state index in [4.69, 9.17) is 16.3 Å². The first-order valence-electron chi connectivity index (χ1n) is 8.45. The molecule has 0 aliphatic heterocycles. The van der Waals surface area contributed by atoms with E-state index < -0.39 is 34.1 Å². The van der Waals surface area contributed by atoms with Crippen LogP contribution in [0.4, 0.5) is 13.2 Å². The van der Waals surface area contributed by atoms with E-state index in [0.717, 1.165) is 0 Å². The molecule has 0 aliphatic rings. The van der Waals surface area contributed by atoms with Crippen molar-refractivity contribution in [3.63, 3.8) is 0 Å². The fourth-order valence-electron chi connectivity index (χ4n) is 2.19. The van der Waals surface area contributed by atoms with Crippen LogP contribution < -0.4 is 14.8 Å². The Morgan fingerprint density at radius 3 is 2.57 bits per heavy atom. The Balaban J connectivity index is 1.98. The van der Waals surface area contributed by atoms with Gasteiger partial charge in [0.15, 0.2) is 0 Å². The number of carbonyl (C=O) groups excluding carboxylic acids is 1. The van der Waals surface area contributed by atoms with Crippen molar-refractivity contribution in [3.8, 4) is 5.75 Å². The van der Waals surface area contributed by atoms with Crippen LogP contribution in [0, 0.1) is 6.92 Å². The van der Waals surface area contributed by atoms with Crippen LogP contribution in [0.5, 0.6) is 5.75 Å². The number of alkyl halides is 3. The quantitative estimate of drug-likeness (QED) is 0.618. The Hall–Kier alpha value is -2.44. The highest BCUT2D eigenvalue weighted by Gasteiger charge is 2.46. The van der Waals surface area contributed by atoms with Gasteiger partial charge in [0.25, 0.3) is 5.91 Å². The molecule has 1 atom stereocenters. The van der Waals surface area contributed by atoms with Gasteiger partial charge in [0, 0.05) is 6.20 Å². The number of aromatic nitrogens is 2. The molecular formula is C17H18ClF3N4O4S. The third kappa shape index (κ3) is 6.54. The molecule has 0 fully saturated rings. The zero-order valence-electron chi connectivity index (χ0n) is 15.8. The van der Waals surface area contributed by atoms with E-state index in [1.165, 1.54) is 30.1 Å². The van der Waals surface area contributed by atoms with Crippen LogP contribution in [0.3, 0.4) is 0 Å². The number of pyridine rings is 2. The summed E-state index contributed by atoms with van der Waals surface area (Å²) in [4.78, 5) is 20.5. The average molecular weight is 467 g/mol. The van der Waals surface area contributed by atoms with Crippen LogP contribution in [-0.2, 0) is 16.6 Å². The lowest BCUT2D eigenvalue weighted by Gasteiger charge is -2.17. The molecule has 0 radical (unpaired) electrons. The molecular weight excluding hydrogens is 449 g/mol. The van der Waals surface area contributed by atoms with Gasteiger partial charge in [0.2, 0.25) is 0 Å². The summed E-state index contributed by atoms with van der Waals surface area (Å²) in [7, 11) is -5.49. The Morgan fingerprint density at radius 1 is 1.27 bits per heavy atom. The number of halogens is 4. The first kappa shape index (κ1) is 23.8. The lowest BCUT2D eigenvalue weighted by atomic mass is 10.2. The van der Waals surface area contributed by atoms with Gasteiger partial charge in [-0.15, -0.1) is 0 Å². The molecule has 0 aliphatic carbocycles. The zero-order chi connectivity index (χ0) is 22.5. The fourth-order valence-corrected chi connectivity index (χ4v) is 3.03. The summed E-state index contributed by atoms with van der Waals surface area (Å²) >= 11 is 5.75. The number of nitrogens with one attached hydrogen (secondary N) is 2. The van der Waals surface area contributed by atoms with E-state index in [0.29, 0.717) is 16.4 Å². The molecule has 164 valence electrons. The minimum absolute atomic E-state index is 0.0911. The van der Waals surface area contributed by atoms with Crippen LogP contribution in [0.2, 0.25) is 5.02 Å². The molecule has 1 unspecified atom stereocenters. The number of hydrogen-bond donors (Lipinski definition) is 2.